The number of aryl methyl sites for hydroxylation is 1. The number of halogens is 1. The van der Waals surface area contributed by atoms with Crippen molar-refractivity contribution in [2.24, 2.45) is 17.6 Å². The van der Waals surface area contributed by atoms with Gasteiger partial charge in [0.05, 0.1) is 4.90 Å². The number of rotatable bonds is 6. The summed E-state index contributed by atoms with van der Waals surface area (Å²) < 4.78 is 40.7. The summed E-state index contributed by atoms with van der Waals surface area (Å²) in [5.41, 5.74) is 5.93. The van der Waals surface area contributed by atoms with E-state index >= 15 is 0 Å². The predicted octanol–water partition coefficient (Wildman–Crippen LogP) is 2.16. The van der Waals surface area contributed by atoms with Gasteiger partial charge in [0.15, 0.2) is 0 Å². The Kier molecular flexibility index (Phi) is 5.68. The van der Waals surface area contributed by atoms with Crippen LogP contribution in [-0.4, -0.2) is 15.0 Å². The van der Waals surface area contributed by atoms with Gasteiger partial charge in [0.25, 0.3) is 0 Å². The van der Waals surface area contributed by atoms with Gasteiger partial charge in [0.1, 0.15) is 5.82 Å². The molecule has 0 aliphatic carbocycles. The third-order valence-electron chi connectivity index (χ3n) is 3.57. The molecule has 0 saturated heterocycles. The Labute approximate surface area is 120 Å². The number of hydrogen-bond donors (Lipinski definition) is 2. The molecule has 0 aromatic heterocycles. The molecular formula is C14H23FN2O2S. The molecule has 0 radical (unpaired) electrons. The summed E-state index contributed by atoms with van der Waals surface area (Å²) in [5, 5.41) is 0. The molecular weight excluding hydrogens is 279 g/mol. The summed E-state index contributed by atoms with van der Waals surface area (Å²) >= 11 is 0. The maximum atomic E-state index is 13.7. The van der Waals surface area contributed by atoms with Gasteiger partial charge in [0.2, 0.25) is 10.0 Å². The molecule has 0 spiro atoms. The Balaban J connectivity index is 3.01. The fourth-order valence-electron chi connectivity index (χ4n) is 1.67. The van der Waals surface area contributed by atoms with Gasteiger partial charge in [0, 0.05) is 18.7 Å². The molecule has 0 aliphatic rings. The molecule has 3 N–H and O–H groups in total. The number of sulfonamides is 1. The summed E-state index contributed by atoms with van der Waals surface area (Å²) in [6.07, 6.45) is 0. The first-order valence-corrected chi connectivity index (χ1v) is 8.16. The molecule has 20 heavy (non-hydrogen) atoms. The summed E-state index contributed by atoms with van der Waals surface area (Å²) in [6.45, 7) is 7.91. The van der Waals surface area contributed by atoms with Crippen molar-refractivity contribution in [3.63, 3.8) is 0 Å². The Morgan fingerprint density at radius 3 is 2.40 bits per heavy atom. The molecule has 114 valence electrons. The van der Waals surface area contributed by atoms with Gasteiger partial charge in [-0.3, -0.25) is 0 Å². The van der Waals surface area contributed by atoms with Gasteiger partial charge in [-0.1, -0.05) is 20.8 Å². The molecule has 0 amide bonds. The molecule has 0 heterocycles. The lowest BCUT2D eigenvalue weighted by atomic mass is 9.99. The SMILES string of the molecule is Cc1cc(S(=O)(=O)NCC(C)C(C)C)cc(CN)c1F. The van der Waals surface area contributed by atoms with Crippen molar-refractivity contribution in [1.82, 2.24) is 4.72 Å². The second-order valence-electron chi connectivity index (χ2n) is 5.49. The highest BCUT2D eigenvalue weighted by atomic mass is 32.2. The lowest BCUT2D eigenvalue weighted by Crippen LogP contribution is -2.30. The summed E-state index contributed by atoms with van der Waals surface area (Å²) in [5.74, 6) is 0.162. The zero-order chi connectivity index (χ0) is 15.5. The Bertz CT molecular complexity index is 571. The van der Waals surface area contributed by atoms with E-state index in [0.717, 1.165) is 0 Å². The van der Waals surface area contributed by atoms with Crippen molar-refractivity contribution in [3.05, 3.63) is 29.1 Å². The molecule has 1 atom stereocenters. The fraction of sp³-hybridized carbons (Fsp3) is 0.571. The van der Waals surface area contributed by atoms with Crippen molar-refractivity contribution < 1.29 is 12.8 Å². The molecule has 1 rings (SSSR count). The van der Waals surface area contributed by atoms with E-state index in [1.165, 1.54) is 19.1 Å². The Hall–Kier alpha value is -0.980. The van der Waals surface area contributed by atoms with Crippen LogP contribution in [0.1, 0.15) is 31.9 Å². The van der Waals surface area contributed by atoms with Crippen molar-refractivity contribution in [2.45, 2.75) is 39.1 Å². The first-order chi connectivity index (χ1) is 9.19. The zero-order valence-electron chi connectivity index (χ0n) is 12.4. The van der Waals surface area contributed by atoms with Crippen molar-refractivity contribution in [2.75, 3.05) is 6.54 Å². The van der Waals surface area contributed by atoms with Crippen LogP contribution >= 0.6 is 0 Å². The van der Waals surface area contributed by atoms with E-state index in [0.29, 0.717) is 12.5 Å². The van der Waals surface area contributed by atoms with Gasteiger partial charge in [-0.2, -0.15) is 0 Å². The number of nitrogens with one attached hydrogen (secondary N) is 1. The average molecular weight is 302 g/mol. The van der Waals surface area contributed by atoms with Crippen LogP contribution in [0.3, 0.4) is 0 Å². The van der Waals surface area contributed by atoms with E-state index in [1.807, 2.05) is 20.8 Å². The first kappa shape index (κ1) is 17.1. The van der Waals surface area contributed by atoms with Crippen LogP contribution in [0.25, 0.3) is 0 Å². The summed E-state index contributed by atoms with van der Waals surface area (Å²) in [6, 6.07) is 2.63. The van der Waals surface area contributed by atoms with E-state index in [2.05, 4.69) is 4.72 Å². The lowest BCUT2D eigenvalue weighted by Gasteiger charge is -2.17. The largest absolute Gasteiger partial charge is 0.326 e. The van der Waals surface area contributed by atoms with Crippen LogP contribution in [0.2, 0.25) is 0 Å². The van der Waals surface area contributed by atoms with Crippen LogP contribution in [0.4, 0.5) is 4.39 Å². The quantitative estimate of drug-likeness (QED) is 0.846. The molecule has 1 aromatic rings. The predicted molar refractivity (Wildman–Crippen MR) is 78.2 cm³/mol. The molecule has 1 aromatic carbocycles. The van der Waals surface area contributed by atoms with Crippen molar-refractivity contribution in [3.8, 4) is 0 Å². The number of nitrogens with two attached hydrogens (primary N) is 1. The number of benzene rings is 1. The first-order valence-electron chi connectivity index (χ1n) is 6.67. The van der Waals surface area contributed by atoms with Crippen molar-refractivity contribution in [1.29, 1.82) is 0 Å². The van der Waals surface area contributed by atoms with Gasteiger partial charge in [-0.15, -0.1) is 0 Å². The Morgan fingerprint density at radius 1 is 1.30 bits per heavy atom. The lowest BCUT2D eigenvalue weighted by molar-refractivity contribution is 0.414. The highest BCUT2D eigenvalue weighted by molar-refractivity contribution is 7.89. The van der Waals surface area contributed by atoms with E-state index in [9.17, 15) is 12.8 Å². The van der Waals surface area contributed by atoms with E-state index in [-0.39, 0.29) is 28.5 Å². The molecule has 0 saturated carbocycles. The second-order valence-corrected chi connectivity index (χ2v) is 7.26. The molecule has 6 heteroatoms. The maximum absolute atomic E-state index is 13.7. The minimum Gasteiger partial charge on any atom is -0.326 e. The summed E-state index contributed by atoms with van der Waals surface area (Å²) in [7, 11) is -3.63. The molecule has 0 fully saturated rings. The number of hydrogen-bond acceptors (Lipinski definition) is 3. The van der Waals surface area contributed by atoms with Crippen LogP contribution in [0.15, 0.2) is 17.0 Å². The zero-order valence-corrected chi connectivity index (χ0v) is 13.2. The van der Waals surface area contributed by atoms with E-state index < -0.39 is 15.8 Å². The van der Waals surface area contributed by atoms with Crippen molar-refractivity contribution >= 4 is 10.0 Å². The molecule has 0 aliphatic heterocycles. The molecule has 1 unspecified atom stereocenters. The third kappa shape index (κ3) is 4.01. The topological polar surface area (TPSA) is 72.2 Å². The van der Waals surface area contributed by atoms with Crippen LogP contribution < -0.4 is 10.5 Å². The van der Waals surface area contributed by atoms with Gasteiger partial charge in [-0.25, -0.2) is 17.5 Å². The van der Waals surface area contributed by atoms with Gasteiger partial charge in [-0.05, 0) is 36.5 Å². The highest BCUT2D eigenvalue weighted by Crippen LogP contribution is 2.19. The highest BCUT2D eigenvalue weighted by Gasteiger charge is 2.19. The van der Waals surface area contributed by atoms with Crippen LogP contribution in [-0.2, 0) is 16.6 Å². The van der Waals surface area contributed by atoms with Gasteiger partial charge < -0.3 is 5.73 Å². The normalized spacial score (nSPS) is 13.8. The monoisotopic (exact) mass is 302 g/mol. The van der Waals surface area contributed by atoms with E-state index in [4.69, 9.17) is 5.73 Å². The summed E-state index contributed by atoms with van der Waals surface area (Å²) in [4.78, 5) is 0.0628. The minimum absolute atomic E-state index is 0.0293. The minimum atomic E-state index is -3.63. The second kappa shape index (κ2) is 6.65. The van der Waals surface area contributed by atoms with E-state index in [1.54, 1.807) is 0 Å². The Morgan fingerprint density at radius 2 is 1.90 bits per heavy atom. The van der Waals surface area contributed by atoms with Crippen LogP contribution in [0, 0.1) is 24.6 Å². The standard InChI is InChI=1S/C14H23FN2O2S/c1-9(2)11(4)8-17-20(18,19)13-5-10(3)14(15)12(6-13)7-16/h5-6,9,11,17H,7-8,16H2,1-4H3. The average Bonchev–Trinajstić information content (AvgIpc) is 2.38. The van der Waals surface area contributed by atoms with Crippen LogP contribution in [0.5, 0.6) is 0 Å². The molecule has 4 nitrogen and oxygen atoms in total. The smallest absolute Gasteiger partial charge is 0.240 e. The fourth-order valence-corrected chi connectivity index (χ4v) is 2.95. The molecule has 0 bridgehead atoms. The maximum Gasteiger partial charge on any atom is 0.240 e. The third-order valence-corrected chi connectivity index (χ3v) is 4.97. The van der Waals surface area contributed by atoms with Gasteiger partial charge >= 0.3 is 0 Å².